The van der Waals surface area contributed by atoms with Crippen LogP contribution in [0, 0.1) is 0 Å². The Kier molecular flexibility index (Phi) is 3.32. The molecule has 1 aliphatic carbocycles. The van der Waals surface area contributed by atoms with Crippen LogP contribution in [0.2, 0.25) is 0 Å². The molecule has 3 rings (SSSR count). The molecule has 1 aliphatic rings. The number of rotatable bonds is 5. The molecule has 7 nitrogen and oxygen atoms in total. The maximum atomic E-state index is 11.7. The van der Waals surface area contributed by atoms with Crippen molar-refractivity contribution in [3.8, 4) is 0 Å². The summed E-state index contributed by atoms with van der Waals surface area (Å²) in [6, 6.07) is 1.94. The summed E-state index contributed by atoms with van der Waals surface area (Å²) in [4.78, 5) is 33.4. The first-order chi connectivity index (χ1) is 9.72. The molecule has 0 radical (unpaired) electrons. The fourth-order valence-corrected chi connectivity index (χ4v) is 1.92. The third kappa shape index (κ3) is 2.93. The van der Waals surface area contributed by atoms with Gasteiger partial charge < -0.3 is 9.73 Å². The molecule has 0 spiro atoms. The molecular weight excluding hydrogens is 260 g/mol. The lowest BCUT2D eigenvalue weighted by molar-refractivity contribution is 0.0949. The number of carbonyl (C=O) groups excluding carboxylic acids is 1. The van der Waals surface area contributed by atoms with Gasteiger partial charge in [-0.1, -0.05) is 0 Å². The zero-order valence-corrected chi connectivity index (χ0v) is 10.8. The van der Waals surface area contributed by atoms with Gasteiger partial charge in [-0.05, 0) is 18.9 Å². The zero-order chi connectivity index (χ0) is 13.9. The van der Waals surface area contributed by atoms with E-state index in [9.17, 15) is 9.59 Å². The van der Waals surface area contributed by atoms with Gasteiger partial charge in [0.25, 0.3) is 5.91 Å². The van der Waals surface area contributed by atoms with Crippen molar-refractivity contribution < 1.29 is 9.21 Å². The molecule has 20 heavy (non-hydrogen) atoms. The van der Waals surface area contributed by atoms with Crippen LogP contribution in [-0.2, 0) is 6.42 Å². The van der Waals surface area contributed by atoms with Gasteiger partial charge in [-0.15, -0.1) is 0 Å². The number of H-pyrrole nitrogens is 1. The molecule has 0 bridgehead atoms. The van der Waals surface area contributed by atoms with Gasteiger partial charge in [-0.2, -0.15) is 0 Å². The van der Waals surface area contributed by atoms with E-state index in [1.165, 1.54) is 12.8 Å². The minimum Gasteiger partial charge on any atom is -0.416 e. The van der Waals surface area contributed by atoms with Gasteiger partial charge in [0.2, 0.25) is 0 Å². The van der Waals surface area contributed by atoms with Crippen LogP contribution >= 0.6 is 0 Å². The molecule has 2 aromatic heterocycles. The summed E-state index contributed by atoms with van der Waals surface area (Å²) >= 11 is 0. The van der Waals surface area contributed by atoms with Crippen molar-refractivity contribution in [2.24, 2.45) is 0 Å². The van der Waals surface area contributed by atoms with Crippen LogP contribution in [0.1, 0.15) is 40.8 Å². The Hall–Kier alpha value is -2.44. The van der Waals surface area contributed by atoms with Gasteiger partial charge >= 0.3 is 5.76 Å². The maximum Gasteiger partial charge on any atom is 0.416 e. The van der Waals surface area contributed by atoms with E-state index >= 15 is 0 Å². The van der Waals surface area contributed by atoms with E-state index in [2.05, 4.69) is 24.7 Å². The van der Waals surface area contributed by atoms with Crippen LogP contribution in [0.15, 0.2) is 27.7 Å². The van der Waals surface area contributed by atoms with E-state index in [0.29, 0.717) is 18.9 Å². The normalized spacial score (nSPS) is 14.2. The second-order valence-electron chi connectivity index (χ2n) is 4.74. The predicted molar refractivity (Wildman–Crippen MR) is 69.4 cm³/mol. The number of nitrogens with zero attached hydrogens (tertiary/aromatic N) is 2. The average molecular weight is 274 g/mol. The monoisotopic (exact) mass is 274 g/mol. The Balaban J connectivity index is 1.53. The Bertz CT molecular complexity index is 672. The Labute approximate surface area is 114 Å². The lowest BCUT2D eigenvalue weighted by Gasteiger charge is -2.04. The van der Waals surface area contributed by atoms with Crippen LogP contribution in [-0.4, -0.2) is 27.4 Å². The molecule has 2 aromatic rings. The van der Waals surface area contributed by atoms with Crippen molar-refractivity contribution >= 4 is 5.91 Å². The van der Waals surface area contributed by atoms with Crippen molar-refractivity contribution in [2.45, 2.75) is 25.2 Å². The van der Waals surface area contributed by atoms with E-state index in [0.717, 1.165) is 17.8 Å². The van der Waals surface area contributed by atoms with Crippen molar-refractivity contribution in [1.82, 2.24) is 20.3 Å². The summed E-state index contributed by atoms with van der Waals surface area (Å²) in [5, 5.41) is 2.68. The lowest BCUT2D eigenvalue weighted by Crippen LogP contribution is -2.27. The van der Waals surface area contributed by atoms with Crippen molar-refractivity contribution in [3.63, 3.8) is 0 Å². The topological polar surface area (TPSA) is 101 Å². The molecular formula is C13H14N4O3. The van der Waals surface area contributed by atoms with Gasteiger partial charge in [0.15, 0.2) is 0 Å². The Morgan fingerprint density at radius 1 is 1.50 bits per heavy atom. The number of aromatic nitrogens is 3. The number of hydrogen-bond acceptors (Lipinski definition) is 5. The van der Waals surface area contributed by atoms with Crippen LogP contribution in [0.4, 0.5) is 0 Å². The molecule has 2 heterocycles. The largest absolute Gasteiger partial charge is 0.416 e. The second kappa shape index (κ2) is 5.28. The van der Waals surface area contributed by atoms with E-state index in [1.54, 1.807) is 6.20 Å². The van der Waals surface area contributed by atoms with Crippen LogP contribution in [0.5, 0.6) is 0 Å². The Morgan fingerprint density at radius 3 is 3.05 bits per heavy atom. The fourth-order valence-electron chi connectivity index (χ4n) is 1.92. The highest BCUT2D eigenvalue weighted by Gasteiger charge is 2.25. The molecule has 7 heteroatoms. The minimum absolute atomic E-state index is 0.114. The maximum absolute atomic E-state index is 11.7. The number of nitrogens with one attached hydrogen (secondary N) is 2. The van der Waals surface area contributed by atoms with Crippen LogP contribution < -0.4 is 11.1 Å². The third-order valence-electron chi connectivity index (χ3n) is 3.12. The first-order valence-electron chi connectivity index (χ1n) is 6.50. The summed E-state index contributed by atoms with van der Waals surface area (Å²) < 4.78 is 4.50. The van der Waals surface area contributed by atoms with Gasteiger partial charge in [0, 0.05) is 30.8 Å². The molecule has 2 N–H and O–H groups in total. The van der Waals surface area contributed by atoms with Gasteiger partial charge in [-0.25, -0.2) is 14.8 Å². The summed E-state index contributed by atoms with van der Waals surface area (Å²) in [7, 11) is 0. The summed E-state index contributed by atoms with van der Waals surface area (Å²) in [5.74, 6) is 0.280. The van der Waals surface area contributed by atoms with E-state index in [4.69, 9.17) is 0 Å². The SMILES string of the molecule is O=C(NCCc1nccc(C2CC2)n1)c1coc(=O)[nH]1. The molecule has 104 valence electrons. The van der Waals surface area contributed by atoms with Crippen LogP contribution in [0.3, 0.4) is 0 Å². The number of amides is 1. The zero-order valence-electron chi connectivity index (χ0n) is 10.8. The molecule has 0 atom stereocenters. The lowest BCUT2D eigenvalue weighted by atomic mass is 10.2. The quantitative estimate of drug-likeness (QED) is 0.831. The highest BCUT2D eigenvalue weighted by molar-refractivity contribution is 5.91. The molecule has 1 amide bonds. The van der Waals surface area contributed by atoms with Gasteiger partial charge in [0.05, 0.1) is 0 Å². The second-order valence-corrected chi connectivity index (χ2v) is 4.74. The molecule has 0 unspecified atom stereocenters. The minimum atomic E-state index is -0.643. The number of hydrogen-bond donors (Lipinski definition) is 2. The molecule has 1 saturated carbocycles. The smallest absolute Gasteiger partial charge is 0.416 e. The molecule has 0 saturated heterocycles. The van der Waals surface area contributed by atoms with E-state index in [1.807, 2.05) is 6.07 Å². The Morgan fingerprint density at radius 2 is 2.35 bits per heavy atom. The first-order valence-corrected chi connectivity index (χ1v) is 6.50. The molecule has 1 fully saturated rings. The highest BCUT2D eigenvalue weighted by Crippen LogP contribution is 2.38. The van der Waals surface area contributed by atoms with Crippen molar-refractivity contribution in [2.75, 3.05) is 6.54 Å². The average Bonchev–Trinajstić information content (AvgIpc) is 3.21. The van der Waals surface area contributed by atoms with Crippen molar-refractivity contribution in [3.05, 3.63) is 46.3 Å². The van der Waals surface area contributed by atoms with Crippen molar-refractivity contribution in [1.29, 1.82) is 0 Å². The van der Waals surface area contributed by atoms with Gasteiger partial charge in [0.1, 0.15) is 17.8 Å². The fraction of sp³-hybridized carbons (Fsp3) is 0.385. The standard InChI is InChI=1S/C13H14N4O3/c18-12(10-7-20-13(19)17-10)15-6-4-11-14-5-3-9(16-11)8-1-2-8/h3,5,7-8H,1-2,4,6H2,(H,15,18)(H,17,19). The number of carbonyl (C=O) groups is 1. The summed E-state index contributed by atoms with van der Waals surface area (Å²) in [5.41, 5.74) is 1.20. The summed E-state index contributed by atoms with van der Waals surface area (Å²) in [6.07, 6.45) is 5.80. The summed E-state index contributed by atoms with van der Waals surface area (Å²) in [6.45, 7) is 0.403. The van der Waals surface area contributed by atoms with E-state index in [-0.39, 0.29) is 11.6 Å². The van der Waals surface area contributed by atoms with E-state index < -0.39 is 5.76 Å². The number of oxazole rings is 1. The first kappa shape index (κ1) is 12.6. The van der Waals surface area contributed by atoms with Crippen LogP contribution in [0.25, 0.3) is 0 Å². The predicted octanol–water partition coefficient (Wildman–Crippen LogP) is 0.608. The third-order valence-corrected chi connectivity index (χ3v) is 3.12. The number of aromatic amines is 1. The van der Waals surface area contributed by atoms with Gasteiger partial charge in [-0.3, -0.25) is 9.78 Å². The highest BCUT2D eigenvalue weighted by atomic mass is 16.4. The molecule has 0 aromatic carbocycles. The molecule has 0 aliphatic heterocycles.